The summed E-state index contributed by atoms with van der Waals surface area (Å²) in [6.45, 7) is 0.545. The molecule has 1 aromatic rings. The second kappa shape index (κ2) is 6.70. The van der Waals surface area contributed by atoms with Crippen LogP contribution in [0.2, 0.25) is 0 Å². The zero-order valence-electron chi connectivity index (χ0n) is 11.4. The lowest BCUT2D eigenvalue weighted by atomic mass is 9.93. The molecule has 0 spiro atoms. The molecule has 0 aliphatic heterocycles. The zero-order valence-corrected chi connectivity index (χ0v) is 13.0. The summed E-state index contributed by atoms with van der Waals surface area (Å²) in [4.78, 5) is 26.3. The number of rotatable bonds is 6. The van der Waals surface area contributed by atoms with Gasteiger partial charge in [0.05, 0.1) is 6.10 Å². The molecule has 2 atom stereocenters. The number of hydrogen-bond donors (Lipinski definition) is 2. The second-order valence-electron chi connectivity index (χ2n) is 4.59. The molecule has 1 aromatic carbocycles. The van der Waals surface area contributed by atoms with Crippen molar-refractivity contribution in [2.75, 3.05) is 0 Å². The van der Waals surface area contributed by atoms with Crippen LogP contribution >= 0.6 is 18.2 Å². The Labute approximate surface area is 122 Å². The van der Waals surface area contributed by atoms with E-state index in [1.807, 2.05) is 0 Å². The van der Waals surface area contributed by atoms with Gasteiger partial charge in [0.15, 0.2) is 5.54 Å². The maximum absolute atomic E-state index is 12.1. The van der Waals surface area contributed by atoms with Crippen molar-refractivity contribution in [1.29, 1.82) is 0 Å². The van der Waals surface area contributed by atoms with Gasteiger partial charge >= 0.3 is 12.9 Å². The van der Waals surface area contributed by atoms with E-state index in [4.69, 9.17) is 21.0 Å². The van der Waals surface area contributed by atoms with Gasteiger partial charge in [-0.3, -0.25) is 4.84 Å². The van der Waals surface area contributed by atoms with E-state index >= 15 is 0 Å². The molecule has 112 valence electrons. The van der Waals surface area contributed by atoms with Gasteiger partial charge in [0.25, 0.3) is 0 Å². The Morgan fingerprint density at radius 1 is 1.40 bits per heavy atom. The average Bonchev–Trinajstić information content (AvgIpc) is 2.35. The van der Waals surface area contributed by atoms with Crippen LogP contribution in [0.15, 0.2) is 30.3 Å². The number of halogens is 1. The minimum Gasteiger partial charge on any atom is -0.379 e. The van der Waals surface area contributed by atoms with Crippen molar-refractivity contribution < 1.29 is 23.6 Å². The Hall–Kier alpha value is -0.910. The van der Waals surface area contributed by atoms with Gasteiger partial charge in [-0.15, -0.1) is 0 Å². The molecule has 0 aromatic heterocycles. The van der Waals surface area contributed by atoms with Gasteiger partial charge in [-0.2, -0.15) is 5.48 Å². The normalized spacial score (nSPS) is 17.3. The van der Waals surface area contributed by atoms with Crippen molar-refractivity contribution in [1.82, 2.24) is 5.48 Å². The zero-order chi connectivity index (χ0) is 15.4. The summed E-state index contributed by atoms with van der Waals surface area (Å²) in [6.07, 6.45) is -0.206. The van der Waals surface area contributed by atoms with E-state index in [2.05, 4.69) is 10.0 Å². The number of benzene rings is 1. The Morgan fingerprint density at radius 3 is 2.40 bits per heavy atom. The van der Waals surface area contributed by atoms with Crippen LogP contribution in [0.3, 0.4) is 0 Å². The molecule has 20 heavy (non-hydrogen) atoms. The largest absolute Gasteiger partial charge is 0.476 e. The Kier molecular flexibility index (Phi) is 5.74. The fraction of sp³-hybridized carbons (Fsp3) is 0.417. The highest BCUT2D eigenvalue weighted by atomic mass is 35.7. The van der Waals surface area contributed by atoms with E-state index in [0.29, 0.717) is 5.56 Å². The molecule has 1 unspecified atom stereocenters. The first-order valence-corrected chi connectivity index (χ1v) is 8.38. The van der Waals surface area contributed by atoms with E-state index in [1.54, 1.807) is 44.2 Å². The van der Waals surface area contributed by atoms with Crippen LogP contribution in [0.1, 0.15) is 26.3 Å². The fourth-order valence-corrected chi connectivity index (χ4v) is 1.99. The topological polar surface area (TPSA) is 84.9 Å². The van der Waals surface area contributed by atoms with Crippen LogP contribution in [0.5, 0.6) is 0 Å². The SMILES string of the molecule is CC(C)ON[C@](C)(C(=O)OP(=O)(O)Cl)c1ccccc1. The summed E-state index contributed by atoms with van der Waals surface area (Å²) in [6, 6.07) is 8.54. The van der Waals surface area contributed by atoms with Crippen molar-refractivity contribution in [2.45, 2.75) is 32.4 Å². The summed E-state index contributed by atoms with van der Waals surface area (Å²) >= 11 is 5.08. The van der Waals surface area contributed by atoms with Crippen molar-refractivity contribution >= 4 is 24.2 Å². The molecule has 0 amide bonds. The highest BCUT2D eigenvalue weighted by Crippen LogP contribution is 2.49. The Morgan fingerprint density at radius 2 is 1.95 bits per heavy atom. The van der Waals surface area contributed by atoms with Gasteiger partial charge < -0.3 is 9.42 Å². The number of carbonyl (C=O) groups is 1. The maximum Gasteiger partial charge on any atom is 0.476 e. The predicted molar refractivity (Wildman–Crippen MR) is 74.9 cm³/mol. The summed E-state index contributed by atoms with van der Waals surface area (Å²) in [5.41, 5.74) is 1.62. The van der Waals surface area contributed by atoms with Crippen LogP contribution in [0.4, 0.5) is 0 Å². The van der Waals surface area contributed by atoms with Crippen LogP contribution in [-0.2, 0) is 24.3 Å². The summed E-state index contributed by atoms with van der Waals surface area (Å²) in [5, 5.41) is 0. The van der Waals surface area contributed by atoms with Crippen LogP contribution in [-0.4, -0.2) is 17.0 Å². The predicted octanol–water partition coefficient (Wildman–Crippen LogP) is 2.71. The minimum absolute atomic E-state index is 0.206. The molecule has 0 bridgehead atoms. The van der Waals surface area contributed by atoms with Gasteiger partial charge in [0.1, 0.15) is 0 Å². The molecule has 0 heterocycles. The highest BCUT2D eigenvalue weighted by Gasteiger charge is 2.41. The number of nitrogens with one attached hydrogen (secondary N) is 1. The fourth-order valence-electron chi connectivity index (χ4n) is 1.42. The molecule has 0 saturated carbocycles. The van der Waals surface area contributed by atoms with Crippen LogP contribution in [0.25, 0.3) is 0 Å². The molecule has 0 aliphatic carbocycles. The first-order valence-electron chi connectivity index (χ1n) is 5.90. The molecule has 6 nitrogen and oxygen atoms in total. The molecule has 0 radical (unpaired) electrons. The molecule has 1 rings (SSSR count). The Bertz CT molecular complexity index is 504. The van der Waals surface area contributed by atoms with Crippen LogP contribution in [0, 0.1) is 0 Å². The first kappa shape index (κ1) is 17.1. The molecule has 0 aliphatic rings. The van der Waals surface area contributed by atoms with Gasteiger partial charge in [0, 0.05) is 11.2 Å². The quantitative estimate of drug-likeness (QED) is 0.619. The molecular formula is C12H17ClNO5P. The van der Waals surface area contributed by atoms with E-state index < -0.39 is 18.5 Å². The van der Waals surface area contributed by atoms with Crippen molar-refractivity contribution in [2.24, 2.45) is 0 Å². The summed E-state index contributed by atoms with van der Waals surface area (Å²) < 4.78 is 15.4. The minimum atomic E-state index is -4.46. The highest BCUT2D eigenvalue weighted by molar-refractivity contribution is 7.80. The molecule has 8 heteroatoms. The van der Waals surface area contributed by atoms with E-state index in [9.17, 15) is 9.36 Å². The molecular weight excluding hydrogens is 305 g/mol. The third-order valence-corrected chi connectivity index (χ3v) is 3.05. The monoisotopic (exact) mass is 321 g/mol. The third-order valence-electron chi connectivity index (χ3n) is 2.45. The van der Waals surface area contributed by atoms with Gasteiger partial charge in [-0.25, -0.2) is 9.36 Å². The lowest BCUT2D eigenvalue weighted by Gasteiger charge is -2.29. The Balaban J connectivity index is 3.07. The van der Waals surface area contributed by atoms with Crippen molar-refractivity contribution in [3.8, 4) is 0 Å². The summed E-state index contributed by atoms with van der Waals surface area (Å²) in [7, 11) is 0. The van der Waals surface area contributed by atoms with Crippen molar-refractivity contribution in [3.05, 3.63) is 35.9 Å². The van der Waals surface area contributed by atoms with Gasteiger partial charge in [-0.05, 0) is 26.3 Å². The second-order valence-corrected chi connectivity index (χ2v) is 6.96. The van der Waals surface area contributed by atoms with Crippen LogP contribution < -0.4 is 5.48 Å². The first-order chi connectivity index (χ1) is 9.15. The molecule has 0 saturated heterocycles. The summed E-state index contributed by atoms with van der Waals surface area (Å²) in [5.74, 6) is -1.01. The van der Waals surface area contributed by atoms with Gasteiger partial charge in [-0.1, -0.05) is 30.3 Å². The van der Waals surface area contributed by atoms with E-state index in [0.717, 1.165) is 0 Å². The van der Waals surface area contributed by atoms with Crippen molar-refractivity contribution in [3.63, 3.8) is 0 Å². The van der Waals surface area contributed by atoms with E-state index in [1.165, 1.54) is 6.92 Å². The molecule has 2 N–H and O–H groups in total. The molecule has 0 fully saturated rings. The smallest absolute Gasteiger partial charge is 0.379 e. The van der Waals surface area contributed by atoms with Gasteiger partial charge in [0.2, 0.25) is 0 Å². The number of hydrogen-bond acceptors (Lipinski definition) is 5. The number of hydroxylamine groups is 1. The standard InChI is InChI=1S/C12H17ClNO5P/c1-9(2)18-14-12(3,10-7-5-4-6-8-10)11(15)19-20(13,16)17/h4-9,14H,1-3H3,(H,16,17)/t12-/m0/s1. The third kappa shape index (κ3) is 4.89. The maximum atomic E-state index is 12.1. The number of carbonyl (C=O) groups excluding carboxylic acids is 1. The van der Waals surface area contributed by atoms with E-state index in [-0.39, 0.29) is 6.10 Å². The lowest BCUT2D eigenvalue weighted by molar-refractivity contribution is -0.152. The lowest BCUT2D eigenvalue weighted by Crippen LogP contribution is -2.48. The average molecular weight is 322 g/mol.